The smallest absolute Gasteiger partial charge is 0.273 e. The van der Waals surface area contributed by atoms with Crippen molar-refractivity contribution in [3.63, 3.8) is 0 Å². The van der Waals surface area contributed by atoms with E-state index in [1.807, 2.05) is 35.2 Å². The predicted molar refractivity (Wildman–Crippen MR) is 89.3 cm³/mol. The molecule has 1 unspecified atom stereocenters. The largest absolute Gasteiger partial charge is 0.355 e. The summed E-state index contributed by atoms with van der Waals surface area (Å²) < 4.78 is 5.20. The van der Waals surface area contributed by atoms with Crippen LogP contribution in [0, 0.1) is 5.92 Å². The molecule has 0 radical (unpaired) electrons. The number of rotatable bonds is 4. The average molecular weight is 327 g/mol. The van der Waals surface area contributed by atoms with Crippen molar-refractivity contribution in [2.75, 3.05) is 19.6 Å². The molecule has 126 valence electrons. The summed E-state index contributed by atoms with van der Waals surface area (Å²) in [6, 6.07) is 11.0. The summed E-state index contributed by atoms with van der Waals surface area (Å²) in [4.78, 5) is 26.1. The molecule has 1 atom stereocenters. The number of carbonyl (C=O) groups is 2. The molecule has 0 bridgehead atoms. The molecule has 1 fully saturated rings. The highest BCUT2D eigenvalue weighted by atomic mass is 16.5. The van der Waals surface area contributed by atoms with Crippen molar-refractivity contribution < 1.29 is 14.1 Å². The number of hydrogen-bond acceptors (Lipinski definition) is 4. The highest BCUT2D eigenvalue weighted by Crippen LogP contribution is 2.19. The van der Waals surface area contributed by atoms with Gasteiger partial charge in [-0.25, -0.2) is 0 Å². The van der Waals surface area contributed by atoms with Crippen LogP contribution in [0.2, 0.25) is 0 Å². The van der Waals surface area contributed by atoms with Crippen LogP contribution in [0.15, 0.2) is 40.9 Å². The monoisotopic (exact) mass is 327 g/mol. The van der Waals surface area contributed by atoms with Gasteiger partial charge in [0.15, 0.2) is 11.5 Å². The number of carbonyl (C=O) groups excluding carboxylic acids is 2. The first-order valence-corrected chi connectivity index (χ1v) is 8.21. The minimum Gasteiger partial charge on any atom is -0.355 e. The third-order valence-electron chi connectivity index (χ3n) is 4.21. The highest BCUT2D eigenvalue weighted by molar-refractivity contribution is 5.95. The van der Waals surface area contributed by atoms with Gasteiger partial charge in [-0.1, -0.05) is 42.4 Å². The van der Waals surface area contributed by atoms with Crippen LogP contribution in [0.1, 0.15) is 30.3 Å². The molecule has 1 aromatic heterocycles. The van der Waals surface area contributed by atoms with Gasteiger partial charge in [0.25, 0.3) is 5.91 Å². The Hall–Kier alpha value is -2.63. The van der Waals surface area contributed by atoms with Gasteiger partial charge in [0.1, 0.15) is 0 Å². The minimum atomic E-state index is -0.403. The quantitative estimate of drug-likeness (QED) is 0.935. The second-order valence-electron chi connectivity index (χ2n) is 6.21. The molecule has 1 N–H and O–H groups in total. The molecular weight excluding hydrogens is 306 g/mol. The molecule has 1 aromatic carbocycles. The SMILES string of the molecule is CC1CCCN(C(=O)CNC(=O)c2cc(-c3ccccc3)on2)C1. The van der Waals surface area contributed by atoms with Gasteiger partial charge in [-0.05, 0) is 18.8 Å². The van der Waals surface area contributed by atoms with Gasteiger partial charge in [-0.3, -0.25) is 9.59 Å². The van der Waals surface area contributed by atoms with Crippen molar-refractivity contribution in [1.82, 2.24) is 15.4 Å². The van der Waals surface area contributed by atoms with Crippen molar-refractivity contribution in [1.29, 1.82) is 0 Å². The van der Waals surface area contributed by atoms with Crippen molar-refractivity contribution in [3.8, 4) is 11.3 Å². The van der Waals surface area contributed by atoms with Crippen molar-refractivity contribution in [2.24, 2.45) is 5.92 Å². The fraction of sp³-hybridized carbons (Fsp3) is 0.389. The first kappa shape index (κ1) is 16.2. The Balaban J connectivity index is 1.56. The van der Waals surface area contributed by atoms with Gasteiger partial charge in [-0.2, -0.15) is 0 Å². The predicted octanol–water partition coefficient (Wildman–Crippen LogP) is 2.33. The summed E-state index contributed by atoms with van der Waals surface area (Å²) >= 11 is 0. The molecular formula is C18H21N3O3. The Morgan fingerprint density at radius 1 is 1.33 bits per heavy atom. The molecule has 0 spiro atoms. The van der Waals surface area contributed by atoms with E-state index in [9.17, 15) is 9.59 Å². The molecule has 2 amide bonds. The van der Waals surface area contributed by atoms with Crippen molar-refractivity contribution in [3.05, 3.63) is 42.1 Å². The van der Waals surface area contributed by atoms with E-state index in [1.165, 1.54) is 0 Å². The Kier molecular flexibility index (Phi) is 4.93. The molecule has 3 rings (SSSR count). The third kappa shape index (κ3) is 3.82. The summed E-state index contributed by atoms with van der Waals surface area (Å²) in [7, 11) is 0. The molecule has 24 heavy (non-hydrogen) atoms. The standard InChI is InChI=1S/C18H21N3O3/c1-13-6-5-9-21(12-13)17(22)11-19-18(23)15-10-16(24-20-15)14-7-3-2-4-8-14/h2-4,7-8,10,13H,5-6,9,11-12H2,1H3,(H,19,23). The van der Waals surface area contributed by atoms with Gasteiger partial charge in [-0.15, -0.1) is 0 Å². The van der Waals surface area contributed by atoms with E-state index in [2.05, 4.69) is 17.4 Å². The molecule has 0 saturated carbocycles. The zero-order valence-corrected chi connectivity index (χ0v) is 13.7. The Morgan fingerprint density at radius 3 is 2.88 bits per heavy atom. The molecule has 1 saturated heterocycles. The molecule has 2 aromatic rings. The number of aromatic nitrogens is 1. The number of piperidine rings is 1. The average Bonchev–Trinajstić information content (AvgIpc) is 3.10. The number of hydrogen-bond donors (Lipinski definition) is 1. The summed E-state index contributed by atoms with van der Waals surface area (Å²) in [6.45, 7) is 3.65. The van der Waals surface area contributed by atoms with Gasteiger partial charge >= 0.3 is 0 Å². The Morgan fingerprint density at radius 2 is 2.12 bits per heavy atom. The van der Waals surface area contributed by atoms with Gasteiger partial charge in [0, 0.05) is 24.7 Å². The van der Waals surface area contributed by atoms with Gasteiger partial charge < -0.3 is 14.7 Å². The van der Waals surface area contributed by atoms with E-state index in [4.69, 9.17) is 4.52 Å². The van der Waals surface area contributed by atoms with E-state index in [0.717, 1.165) is 31.5 Å². The highest BCUT2D eigenvalue weighted by Gasteiger charge is 2.22. The van der Waals surface area contributed by atoms with Gasteiger partial charge in [0.2, 0.25) is 5.91 Å². The lowest BCUT2D eigenvalue weighted by Gasteiger charge is -2.30. The van der Waals surface area contributed by atoms with Crippen LogP contribution in [-0.4, -0.2) is 41.5 Å². The zero-order chi connectivity index (χ0) is 16.9. The third-order valence-corrected chi connectivity index (χ3v) is 4.21. The number of nitrogens with one attached hydrogen (secondary N) is 1. The lowest BCUT2D eigenvalue weighted by atomic mass is 10.0. The summed E-state index contributed by atoms with van der Waals surface area (Å²) in [5.41, 5.74) is 1.02. The first-order valence-electron chi connectivity index (χ1n) is 8.21. The molecule has 6 heteroatoms. The fourth-order valence-corrected chi connectivity index (χ4v) is 2.89. The van der Waals surface area contributed by atoms with Crippen LogP contribution in [-0.2, 0) is 4.79 Å². The minimum absolute atomic E-state index is 0.0148. The number of amides is 2. The van der Waals surface area contributed by atoms with E-state index < -0.39 is 5.91 Å². The zero-order valence-electron chi connectivity index (χ0n) is 13.7. The van der Waals surface area contributed by atoms with Crippen molar-refractivity contribution in [2.45, 2.75) is 19.8 Å². The molecule has 6 nitrogen and oxygen atoms in total. The van der Waals surface area contributed by atoms with Crippen LogP contribution in [0.4, 0.5) is 0 Å². The topological polar surface area (TPSA) is 75.4 Å². The van der Waals surface area contributed by atoms with Crippen LogP contribution in [0.3, 0.4) is 0 Å². The number of benzene rings is 1. The Bertz CT molecular complexity index is 711. The molecule has 1 aliphatic heterocycles. The summed E-state index contributed by atoms with van der Waals surface area (Å²) in [5.74, 6) is 0.584. The second-order valence-corrected chi connectivity index (χ2v) is 6.21. The second kappa shape index (κ2) is 7.29. The first-order chi connectivity index (χ1) is 11.6. The molecule has 1 aliphatic rings. The van der Waals surface area contributed by atoms with Crippen LogP contribution in [0.5, 0.6) is 0 Å². The van der Waals surface area contributed by atoms with E-state index in [-0.39, 0.29) is 18.1 Å². The normalized spacial score (nSPS) is 17.5. The van der Waals surface area contributed by atoms with E-state index in [1.54, 1.807) is 6.07 Å². The van der Waals surface area contributed by atoms with Crippen LogP contribution in [0.25, 0.3) is 11.3 Å². The Labute approximate surface area is 140 Å². The van der Waals surface area contributed by atoms with E-state index in [0.29, 0.717) is 11.7 Å². The van der Waals surface area contributed by atoms with Crippen LogP contribution >= 0.6 is 0 Å². The molecule has 2 heterocycles. The summed E-state index contributed by atoms with van der Waals surface area (Å²) in [5, 5.41) is 6.41. The maximum Gasteiger partial charge on any atom is 0.273 e. The van der Waals surface area contributed by atoms with E-state index >= 15 is 0 Å². The number of nitrogens with zero attached hydrogens (tertiary/aromatic N) is 2. The maximum atomic E-state index is 12.2. The lowest BCUT2D eigenvalue weighted by Crippen LogP contribution is -2.44. The fourth-order valence-electron chi connectivity index (χ4n) is 2.89. The van der Waals surface area contributed by atoms with Crippen molar-refractivity contribution >= 4 is 11.8 Å². The van der Waals surface area contributed by atoms with Crippen LogP contribution < -0.4 is 5.32 Å². The van der Waals surface area contributed by atoms with Gasteiger partial charge in [0.05, 0.1) is 6.54 Å². The molecule has 0 aliphatic carbocycles. The maximum absolute atomic E-state index is 12.2. The summed E-state index contributed by atoms with van der Waals surface area (Å²) in [6.07, 6.45) is 2.17. The number of likely N-dealkylation sites (tertiary alicyclic amines) is 1. The lowest BCUT2D eigenvalue weighted by molar-refractivity contribution is -0.131.